The van der Waals surface area contributed by atoms with E-state index in [1.165, 1.54) is 19.3 Å². The maximum Gasteiger partial charge on any atom is -0.0271 e. The second kappa shape index (κ2) is 3.40. The van der Waals surface area contributed by atoms with Gasteiger partial charge in [-0.1, -0.05) is 41.0 Å². The first-order chi connectivity index (χ1) is 5.50. The molecular formula is C12H24. The van der Waals surface area contributed by atoms with Gasteiger partial charge in [0.15, 0.2) is 0 Å². The molecule has 12 heavy (non-hydrogen) atoms. The molecule has 72 valence electrons. The molecule has 1 fully saturated rings. The van der Waals surface area contributed by atoms with Crippen molar-refractivity contribution in [1.29, 1.82) is 0 Å². The summed E-state index contributed by atoms with van der Waals surface area (Å²) in [7, 11) is 0. The van der Waals surface area contributed by atoms with Gasteiger partial charge < -0.3 is 0 Å². The Hall–Kier alpha value is 0. The van der Waals surface area contributed by atoms with Gasteiger partial charge in [0.05, 0.1) is 0 Å². The standard InChI is InChI=1S/C12H24/c1-6-9(2)7-10(3)12(5)8-11(12)4/h9-11H,6-8H2,1-5H3. The lowest BCUT2D eigenvalue weighted by atomic mass is 9.83. The third kappa shape index (κ3) is 1.84. The van der Waals surface area contributed by atoms with E-state index >= 15 is 0 Å². The molecule has 0 heteroatoms. The van der Waals surface area contributed by atoms with Crippen LogP contribution in [-0.2, 0) is 0 Å². The minimum atomic E-state index is 0.698. The van der Waals surface area contributed by atoms with Crippen LogP contribution >= 0.6 is 0 Å². The van der Waals surface area contributed by atoms with Crippen molar-refractivity contribution in [3.63, 3.8) is 0 Å². The Kier molecular flexibility index (Phi) is 2.85. The monoisotopic (exact) mass is 168 g/mol. The normalized spacial score (nSPS) is 39.2. The number of hydrogen-bond donors (Lipinski definition) is 0. The summed E-state index contributed by atoms with van der Waals surface area (Å²) in [5.74, 6) is 2.84. The molecule has 1 rings (SSSR count). The summed E-state index contributed by atoms with van der Waals surface area (Å²) in [6.07, 6.45) is 4.23. The highest BCUT2D eigenvalue weighted by Gasteiger charge is 2.50. The summed E-state index contributed by atoms with van der Waals surface area (Å²) in [4.78, 5) is 0. The fraction of sp³-hybridized carbons (Fsp3) is 1.00. The fourth-order valence-corrected chi connectivity index (χ4v) is 2.33. The molecule has 4 atom stereocenters. The van der Waals surface area contributed by atoms with Gasteiger partial charge in [-0.15, -0.1) is 0 Å². The predicted octanol–water partition coefficient (Wildman–Crippen LogP) is 4.10. The third-order valence-corrected chi connectivity index (χ3v) is 4.29. The summed E-state index contributed by atoms with van der Waals surface area (Å²) >= 11 is 0. The van der Waals surface area contributed by atoms with E-state index < -0.39 is 0 Å². The van der Waals surface area contributed by atoms with Crippen LogP contribution in [0.1, 0.15) is 53.9 Å². The Morgan fingerprint density at radius 3 is 2.25 bits per heavy atom. The highest BCUT2D eigenvalue weighted by molar-refractivity contribution is 4.99. The average molecular weight is 168 g/mol. The minimum absolute atomic E-state index is 0.698. The fourth-order valence-electron chi connectivity index (χ4n) is 2.33. The van der Waals surface area contributed by atoms with Crippen LogP contribution in [0.3, 0.4) is 0 Å². The lowest BCUT2D eigenvalue weighted by Crippen LogP contribution is -2.14. The first-order valence-corrected chi connectivity index (χ1v) is 5.50. The van der Waals surface area contributed by atoms with E-state index in [9.17, 15) is 0 Å². The van der Waals surface area contributed by atoms with Gasteiger partial charge in [0, 0.05) is 0 Å². The molecule has 0 heterocycles. The summed E-state index contributed by atoms with van der Waals surface area (Å²) in [6, 6.07) is 0. The lowest BCUT2D eigenvalue weighted by Gasteiger charge is -2.22. The molecule has 0 aromatic carbocycles. The Morgan fingerprint density at radius 2 is 1.92 bits per heavy atom. The summed E-state index contributed by atoms with van der Waals surface area (Å²) < 4.78 is 0. The van der Waals surface area contributed by atoms with Crippen molar-refractivity contribution in [2.45, 2.75) is 53.9 Å². The molecule has 4 unspecified atom stereocenters. The number of hydrogen-bond acceptors (Lipinski definition) is 0. The minimum Gasteiger partial charge on any atom is -0.0651 e. The van der Waals surface area contributed by atoms with E-state index in [0.717, 1.165) is 17.8 Å². The van der Waals surface area contributed by atoms with Crippen LogP contribution < -0.4 is 0 Å². The maximum atomic E-state index is 2.46. The molecule has 1 aliphatic carbocycles. The Balaban J connectivity index is 2.34. The van der Waals surface area contributed by atoms with Crippen molar-refractivity contribution in [2.75, 3.05) is 0 Å². The van der Waals surface area contributed by atoms with Crippen molar-refractivity contribution in [3.05, 3.63) is 0 Å². The molecule has 0 aromatic heterocycles. The Labute approximate surface area is 77.7 Å². The summed E-state index contributed by atoms with van der Waals surface area (Å²) in [6.45, 7) is 12.0. The third-order valence-electron chi connectivity index (χ3n) is 4.29. The Bertz CT molecular complexity index is 150. The molecule has 0 N–H and O–H groups in total. The van der Waals surface area contributed by atoms with Crippen LogP contribution in [0, 0.1) is 23.2 Å². The van der Waals surface area contributed by atoms with E-state index in [0.29, 0.717) is 5.41 Å². The molecule has 0 radical (unpaired) electrons. The van der Waals surface area contributed by atoms with Gasteiger partial charge >= 0.3 is 0 Å². The zero-order valence-corrected chi connectivity index (χ0v) is 9.35. The highest BCUT2D eigenvalue weighted by Crippen LogP contribution is 2.58. The predicted molar refractivity (Wildman–Crippen MR) is 55.1 cm³/mol. The van der Waals surface area contributed by atoms with Gasteiger partial charge in [-0.25, -0.2) is 0 Å². The molecule has 0 amide bonds. The average Bonchev–Trinajstić information content (AvgIpc) is 2.61. The highest BCUT2D eigenvalue weighted by atomic mass is 14.5. The lowest BCUT2D eigenvalue weighted by molar-refractivity contribution is 0.274. The topological polar surface area (TPSA) is 0 Å². The van der Waals surface area contributed by atoms with Crippen molar-refractivity contribution in [3.8, 4) is 0 Å². The molecule has 0 aliphatic heterocycles. The summed E-state index contributed by atoms with van der Waals surface area (Å²) in [5, 5.41) is 0. The molecule has 0 nitrogen and oxygen atoms in total. The van der Waals surface area contributed by atoms with Crippen molar-refractivity contribution in [2.24, 2.45) is 23.2 Å². The van der Waals surface area contributed by atoms with E-state index in [1.54, 1.807) is 0 Å². The molecule has 1 saturated carbocycles. The van der Waals surface area contributed by atoms with Crippen LogP contribution in [0.15, 0.2) is 0 Å². The first kappa shape index (κ1) is 10.1. The van der Waals surface area contributed by atoms with Crippen molar-refractivity contribution in [1.82, 2.24) is 0 Å². The second-order valence-electron chi connectivity index (χ2n) is 5.26. The van der Waals surface area contributed by atoms with Crippen molar-refractivity contribution < 1.29 is 0 Å². The van der Waals surface area contributed by atoms with Gasteiger partial charge in [0.1, 0.15) is 0 Å². The van der Waals surface area contributed by atoms with E-state index in [1.807, 2.05) is 0 Å². The molecule has 1 aliphatic rings. The molecule has 0 bridgehead atoms. The van der Waals surface area contributed by atoms with Gasteiger partial charge in [0.2, 0.25) is 0 Å². The zero-order valence-electron chi connectivity index (χ0n) is 9.35. The van der Waals surface area contributed by atoms with E-state index in [-0.39, 0.29) is 0 Å². The maximum absolute atomic E-state index is 2.46. The second-order valence-corrected chi connectivity index (χ2v) is 5.26. The zero-order chi connectivity index (χ0) is 9.35. The Morgan fingerprint density at radius 1 is 1.42 bits per heavy atom. The van der Waals surface area contributed by atoms with Gasteiger partial charge in [-0.3, -0.25) is 0 Å². The van der Waals surface area contributed by atoms with Gasteiger partial charge in [-0.2, -0.15) is 0 Å². The first-order valence-electron chi connectivity index (χ1n) is 5.50. The van der Waals surface area contributed by atoms with Crippen LogP contribution in [0.2, 0.25) is 0 Å². The van der Waals surface area contributed by atoms with Crippen molar-refractivity contribution >= 4 is 0 Å². The summed E-state index contributed by atoms with van der Waals surface area (Å²) in [5.41, 5.74) is 0.698. The number of rotatable bonds is 4. The van der Waals surface area contributed by atoms with Gasteiger partial charge in [0.25, 0.3) is 0 Å². The quantitative estimate of drug-likeness (QED) is 0.592. The SMILES string of the molecule is CCC(C)CC(C)C1(C)CC1C. The molecule has 0 aromatic rings. The van der Waals surface area contributed by atoms with Gasteiger partial charge in [-0.05, 0) is 36.0 Å². The largest absolute Gasteiger partial charge is 0.0651 e. The van der Waals surface area contributed by atoms with Crippen LogP contribution in [0.5, 0.6) is 0 Å². The van der Waals surface area contributed by atoms with Crippen LogP contribution in [0.25, 0.3) is 0 Å². The molecule has 0 spiro atoms. The molecule has 0 saturated heterocycles. The van der Waals surface area contributed by atoms with Crippen LogP contribution in [-0.4, -0.2) is 0 Å². The molecular weight excluding hydrogens is 144 g/mol. The van der Waals surface area contributed by atoms with E-state index in [2.05, 4.69) is 34.6 Å². The van der Waals surface area contributed by atoms with Crippen LogP contribution in [0.4, 0.5) is 0 Å². The smallest absolute Gasteiger partial charge is 0.0271 e. The van der Waals surface area contributed by atoms with E-state index in [4.69, 9.17) is 0 Å².